The second-order valence-corrected chi connectivity index (χ2v) is 4.05. The van der Waals surface area contributed by atoms with Crippen LogP contribution in [-0.2, 0) is 6.54 Å². The van der Waals surface area contributed by atoms with E-state index in [0.29, 0.717) is 11.4 Å². The van der Waals surface area contributed by atoms with E-state index in [1.807, 2.05) is 0 Å². The van der Waals surface area contributed by atoms with Crippen molar-refractivity contribution >= 4 is 17.7 Å². The molecule has 2 aromatic rings. The number of aromatic nitrogens is 3. The molecule has 2 aromatic heterocycles. The summed E-state index contributed by atoms with van der Waals surface area (Å²) in [4.78, 5) is 33.1. The third-order valence-electron chi connectivity index (χ3n) is 2.49. The summed E-state index contributed by atoms with van der Waals surface area (Å²) in [5.41, 5.74) is 1.46. The zero-order valence-corrected chi connectivity index (χ0v) is 10.7. The lowest BCUT2D eigenvalue weighted by molar-refractivity contribution is 0.0692. The second kappa shape index (κ2) is 5.83. The molecule has 0 aliphatic rings. The van der Waals surface area contributed by atoms with E-state index in [9.17, 15) is 9.59 Å². The molecular formula is C12H13N5O3. The van der Waals surface area contributed by atoms with Crippen molar-refractivity contribution < 1.29 is 14.7 Å². The Hall–Kier alpha value is -2.90. The van der Waals surface area contributed by atoms with E-state index in [4.69, 9.17) is 5.11 Å². The van der Waals surface area contributed by atoms with Gasteiger partial charge in [-0.1, -0.05) is 0 Å². The molecule has 4 N–H and O–H groups in total. The molecule has 0 atom stereocenters. The van der Waals surface area contributed by atoms with Gasteiger partial charge < -0.3 is 20.7 Å². The Kier molecular flexibility index (Phi) is 3.94. The summed E-state index contributed by atoms with van der Waals surface area (Å²) >= 11 is 0. The fourth-order valence-electron chi connectivity index (χ4n) is 1.62. The number of aromatic amines is 1. The normalized spacial score (nSPS) is 10.1. The van der Waals surface area contributed by atoms with Crippen LogP contribution in [0.5, 0.6) is 0 Å². The quantitative estimate of drug-likeness (QED) is 0.666. The molecule has 2 rings (SSSR count). The lowest BCUT2D eigenvalue weighted by Gasteiger charge is -2.06. The van der Waals surface area contributed by atoms with Gasteiger partial charge in [0.2, 0.25) is 0 Å². The maximum Gasteiger partial charge on any atom is 0.354 e. The summed E-state index contributed by atoms with van der Waals surface area (Å²) in [7, 11) is 0. The predicted molar refractivity (Wildman–Crippen MR) is 70.4 cm³/mol. The van der Waals surface area contributed by atoms with Crippen molar-refractivity contribution in [3.8, 4) is 0 Å². The fourth-order valence-corrected chi connectivity index (χ4v) is 1.62. The number of hydrogen-bond acceptors (Lipinski definition) is 4. The highest BCUT2D eigenvalue weighted by Gasteiger charge is 2.15. The molecular weight excluding hydrogens is 262 g/mol. The van der Waals surface area contributed by atoms with Crippen LogP contribution in [-0.4, -0.2) is 32.1 Å². The first kappa shape index (κ1) is 13.5. The van der Waals surface area contributed by atoms with Gasteiger partial charge in [0.15, 0.2) is 0 Å². The van der Waals surface area contributed by atoms with Crippen LogP contribution < -0.4 is 10.6 Å². The van der Waals surface area contributed by atoms with E-state index < -0.39 is 12.0 Å². The van der Waals surface area contributed by atoms with Crippen molar-refractivity contribution in [2.45, 2.75) is 13.5 Å². The average molecular weight is 275 g/mol. The number of carbonyl (C=O) groups is 2. The number of H-pyrrole nitrogens is 1. The van der Waals surface area contributed by atoms with Gasteiger partial charge in [-0.15, -0.1) is 0 Å². The number of amides is 2. The lowest BCUT2D eigenvalue weighted by atomic mass is 10.3. The molecule has 0 aliphatic heterocycles. The third kappa shape index (κ3) is 3.31. The monoisotopic (exact) mass is 275 g/mol. The van der Waals surface area contributed by atoms with Gasteiger partial charge >= 0.3 is 12.0 Å². The van der Waals surface area contributed by atoms with Crippen LogP contribution in [0.3, 0.4) is 0 Å². The Morgan fingerprint density at radius 1 is 1.45 bits per heavy atom. The van der Waals surface area contributed by atoms with Crippen molar-refractivity contribution in [1.29, 1.82) is 0 Å². The molecule has 2 amide bonds. The van der Waals surface area contributed by atoms with Crippen LogP contribution in [0.1, 0.15) is 21.9 Å². The molecule has 0 saturated carbocycles. The van der Waals surface area contributed by atoms with Crippen molar-refractivity contribution in [2.24, 2.45) is 0 Å². The van der Waals surface area contributed by atoms with Crippen LogP contribution in [0, 0.1) is 6.92 Å². The van der Waals surface area contributed by atoms with E-state index >= 15 is 0 Å². The number of urea groups is 1. The fraction of sp³-hybridized carbons (Fsp3) is 0.167. The number of carbonyl (C=O) groups excluding carboxylic acids is 1. The minimum atomic E-state index is -1.13. The van der Waals surface area contributed by atoms with Gasteiger partial charge in [0.05, 0.1) is 17.9 Å². The topological polar surface area (TPSA) is 120 Å². The van der Waals surface area contributed by atoms with E-state index in [-0.39, 0.29) is 17.9 Å². The number of nitrogens with one attached hydrogen (secondary N) is 3. The van der Waals surface area contributed by atoms with Crippen molar-refractivity contribution in [3.63, 3.8) is 0 Å². The summed E-state index contributed by atoms with van der Waals surface area (Å²) in [6.07, 6.45) is 2.95. The molecule has 20 heavy (non-hydrogen) atoms. The van der Waals surface area contributed by atoms with Crippen LogP contribution in [0.2, 0.25) is 0 Å². The SMILES string of the molecule is Cc1cc(NC(=O)NCc2ccncn2)c(C(=O)O)[nH]1. The zero-order valence-electron chi connectivity index (χ0n) is 10.7. The Labute approximate surface area is 114 Å². The molecule has 0 unspecified atom stereocenters. The third-order valence-corrected chi connectivity index (χ3v) is 2.49. The van der Waals surface area contributed by atoms with Crippen molar-refractivity contribution in [1.82, 2.24) is 20.3 Å². The first-order chi connectivity index (χ1) is 9.56. The molecule has 8 nitrogen and oxygen atoms in total. The van der Waals surface area contributed by atoms with Crippen molar-refractivity contribution in [3.05, 3.63) is 41.7 Å². The smallest absolute Gasteiger partial charge is 0.354 e. The minimum absolute atomic E-state index is 0.0558. The Bertz CT molecular complexity index is 623. The molecule has 0 fully saturated rings. The summed E-state index contributed by atoms with van der Waals surface area (Å²) in [6, 6.07) is 2.71. The van der Waals surface area contributed by atoms with Crippen LogP contribution in [0.25, 0.3) is 0 Å². The standard InChI is InChI=1S/C12H13N5O3/c1-7-4-9(10(16-7)11(18)19)17-12(20)14-5-8-2-3-13-6-15-8/h2-4,6,16H,5H2,1H3,(H,18,19)(H2,14,17,20). The van der Waals surface area contributed by atoms with Crippen LogP contribution in [0.4, 0.5) is 10.5 Å². The number of anilines is 1. The molecule has 104 valence electrons. The number of rotatable bonds is 4. The van der Waals surface area contributed by atoms with E-state index in [1.54, 1.807) is 25.3 Å². The molecule has 0 radical (unpaired) electrons. The second-order valence-electron chi connectivity index (χ2n) is 4.05. The summed E-state index contributed by atoms with van der Waals surface area (Å²) in [6.45, 7) is 1.93. The molecule has 8 heteroatoms. The predicted octanol–water partition coefficient (Wildman–Crippen LogP) is 1.13. The molecule has 0 aliphatic carbocycles. The van der Waals surface area contributed by atoms with Gasteiger partial charge in [0.1, 0.15) is 12.0 Å². The largest absolute Gasteiger partial charge is 0.477 e. The van der Waals surface area contributed by atoms with Crippen LogP contribution >= 0.6 is 0 Å². The van der Waals surface area contributed by atoms with Gasteiger partial charge in [0, 0.05) is 11.9 Å². The molecule has 2 heterocycles. The van der Waals surface area contributed by atoms with E-state index in [2.05, 4.69) is 25.6 Å². The van der Waals surface area contributed by atoms with Gasteiger partial charge in [-0.3, -0.25) is 0 Å². The Morgan fingerprint density at radius 3 is 2.90 bits per heavy atom. The van der Waals surface area contributed by atoms with E-state index in [1.165, 1.54) is 6.33 Å². The highest BCUT2D eigenvalue weighted by atomic mass is 16.4. The maximum atomic E-state index is 11.7. The molecule has 0 bridgehead atoms. The Morgan fingerprint density at radius 2 is 2.25 bits per heavy atom. The number of aryl methyl sites for hydroxylation is 1. The molecule has 0 saturated heterocycles. The number of nitrogens with zero attached hydrogens (tertiary/aromatic N) is 2. The molecule has 0 aromatic carbocycles. The Balaban J connectivity index is 1.96. The first-order valence-electron chi connectivity index (χ1n) is 5.79. The molecule has 0 spiro atoms. The summed E-state index contributed by atoms with van der Waals surface area (Å²) in [5.74, 6) is -1.13. The average Bonchev–Trinajstić information content (AvgIpc) is 2.79. The van der Waals surface area contributed by atoms with Gasteiger partial charge in [-0.05, 0) is 19.1 Å². The summed E-state index contributed by atoms with van der Waals surface area (Å²) < 4.78 is 0. The minimum Gasteiger partial charge on any atom is -0.477 e. The van der Waals surface area contributed by atoms with Gasteiger partial charge in [-0.2, -0.15) is 0 Å². The zero-order chi connectivity index (χ0) is 14.5. The number of hydrogen-bond donors (Lipinski definition) is 4. The first-order valence-corrected chi connectivity index (χ1v) is 5.79. The maximum absolute atomic E-state index is 11.7. The summed E-state index contributed by atoms with van der Waals surface area (Å²) in [5, 5.41) is 14.0. The van der Waals surface area contributed by atoms with Crippen LogP contribution in [0.15, 0.2) is 24.7 Å². The number of carboxylic acids is 1. The van der Waals surface area contributed by atoms with Gasteiger partial charge in [-0.25, -0.2) is 19.6 Å². The number of carboxylic acid groups (broad SMARTS) is 1. The highest BCUT2D eigenvalue weighted by Crippen LogP contribution is 2.16. The lowest BCUT2D eigenvalue weighted by Crippen LogP contribution is -2.29. The number of aromatic carboxylic acids is 1. The van der Waals surface area contributed by atoms with E-state index in [0.717, 1.165) is 0 Å². The highest BCUT2D eigenvalue weighted by molar-refractivity contribution is 5.99. The van der Waals surface area contributed by atoms with Gasteiger partial charge in [0.25, 0.3) is 0 Å². The van der Waals surface area contributed by atoms with Crippen molar-refractivity contribution in [2.75, 3.05) is 5.32 Å².